The number of rotatable bonds is 8. The highest BCUT2D eigenvalue weighted by Crippen LogP contribution is 2.23. The van der Waals surface area contributed by atoms with Crippen molar-refractivity contribution in [1.82, 2.24) is 15.1 Å². The number of hydrogen-bond donors (Lipinski definition) is 1. The fourth-order valence-corrected chi connectivity index (χ4v) is 4.18. The number of likely N-dealkylation sites (tertiary alicyclic amines) is 1. The number of benzene rings is 1. The molecule has 1 aromatic rings. The summed E-state index contributed by atoms with van der Waals surface area (Å²) in [6.45, 7) is 9.88. The number of hydrogen-bond acceptors (Lipinski definition) is 5. The van der Waals surface area contributed by atoms with Crippen molar-refractivity contribution in [2.24, 2.45) is 5.92 Å². The summed E-state index contributed by atoms with van der Waals surface area (Å²) in [7, 11) is 0. The van der Waals surface area contributed by atoms with Crippen LogP contribution in [0.4, 0.5) is 4.79 Å². The van der Waals surface area contributed by atoms with E-state index in [0.717, 1.165) is 51.7 Å². The smallest absolute Gasteiger partial charge is 0.407 e. The average molecular weight is 430 g/mol. The van der Waals surface area contributed by atoms with Crippen LogP contribution in [0.15, 0.2) is 24.3 Å². The molecule has 2 aliphatic rings. The lowest BCUT2D eigenvalue weighted by atomic mass is 9.96. The topological polar surface area (TPSA) is 79.0 Å². The van der Waals surface area contributed by atoms with Gasteiger partial charge < -0.3 is 15.0 Å². The zero-order chi connectivity index (χ0) is 22.4. The summed E-state index contributed by atoms with van der Waals surface area (Å²) in [4.78, 5) is 40.4. The molecule has 7 nitrogen and oxygen atoms in total. The van der Waals surface area contributed by atoms with Crippen LogP contribution >= 0.6 is 0 Å². The Labute approximate surface area is 185 Å². The Morgan fingerprint density at radius 1 is 1.00 bits per heavy atom. The molecule has 2 aliphatic heterocycles. The lowest BCUT2D eigenvalue weighted by Gasteiger charge is -2.32. The number of nitrogens with zero attached hydrogens (tertiary/aromatic N) is 2. The quantitative estimate of drug-likeness (QED) is 0.504. The number of imide groups is 1. The second kappa shape index (κ2) is 10.3. The van der Waals surface area contributed by atoms with Crippen molar-refractivity contribution in [3.05, 3.63) is 35.4 Å². The number of carbonyl (C=O) groups is 3. The van der Waals surface area contributed by atoms with Crippen LogP contribution in [-0.4, -0.2) is 66.0 Å². The third-order valence-corrected chi connectivity index (χ3v) is 5.88. The van der Waals surface area contributed by atoms with Gasteiger partial charge in [0.2, 0.25) is 0 Å². The van der Waals surface area contributed by atoms with E-state index in [1.807, 2.05) is 20.8 Å². The van der Waals surface area contributed by atoms with Crippen molar-refractivity contribution < 1.29 is 19.1 Å². The van der Waals surface area contributed by atoms with Gasteiger partial charge in [-0.1, -0.05) is 18.6 Å². The molecular weight excluding hydrogens is 394 g/mol. The zero-order valence-corrected chi connectivity index (χ0v) is 19.0. The summed E-state index contributed by atoms with van der Waals surface area (Å²) in [6, 6.07) is 7.04. The first kappa shape index (κ1) is 23.3. The molecule has 0 unspecified atom stereocenters. The van der Waals surface area contributed by atoms with Gasteiger partial charge in [-0.25, -0.2) is 4.79 Å². The van der Waals surface area contributed by atoms with Crippen LogP contribution in [0.2, 0.25) is 0 Å². The second-order valence-electron chi connectivity index (χ2n) is 9.54. The standard InChI is InChI=1S/C24H35N3O4/c1-24(2,3)31-23(30)25-17-18-11-15-26(16-12-18)13-7-4-8-14-27-21(28)19-9-5-6-10-20(19)22(27)29/h5-6,9-10,18H,4,7-8,11-17H2,1-3H3,(H,25,30). The van der Waals surface area contributed by atoms with E-state index in [1.54, 1.807) is 24.3 Å². The maximum absolute atomic E-state index is 12.4. The lowest BCUT2D eigenvalue weighted by molar-refractivity contribution is 0.0508. The van der Waals surface area contributed by atoms with Gasteiger partial charge in [-0.05, 0) is 84.1 Å². The predicted molar refractivity (Wildman–Crippen MR) is 119 cm³/mol. The predicted octanol–water partition coefficient (Wildman–Crippen LogP) is 3.69. The van der Waals surface area contributed by atoms with E-state index < -0.39 is 5.60 Å². The van der Waals surface area contributed by atoms with Gasteiger partial charge in [0, 0.05) is 13.1 Å². The Morgan fingerprint density at radius 2 is 1.58 bits per heavy atom. The molecular formula is C24H35N3O4. The molecule has 0 bridgehead atoms. The van der Waals surface area contributed by atoms with E-state index in [1.165, 1.54) is 4.90 Å². The van der Waals surface area contributed by atoms with Gasteiger partial charge in [-0.15, -0.1) is 0 Å². The number of unbranched alkanes of at least 4 members (excludes halogenated alkanes) is 2. The van der Waals surface area contributed by atoms with Gasteiger partial charge in [0.15, 0.2) is 0 Å². The molecule has 170 valence electrons. The summed E-state index contributed by atoms with van der Waals surface area (Å²) in [5, 5.41) is 2.88. The highest BCUT2D eigenvalue weighted by Gasteiger charge is 2.34. The Balaban J connectivity index is 1.26. The van der Waals surface area contributed by atoms with Crippen molar-refractivity contribution in [1.29, 1.82) is 0 Å². The summed E-state index contributed by atoms with van der Waals surface area (Å²) in [6.07, 6.45) is 4.70. The lowest BCUT2D eigenvalue weighted by Crippen LogP contribution is -2.40. The molecule has 1 N–H and O–H groups in total. The summed E-state index contributed by atoms with van der Waals surface area (Å²) in [5.41, 5.74) is 0.584. The van der Waals surface area contributed by atoms with E-state index in [0.29, 0.717) is 30.1 Å². The van der Waals surface area contributed by atoms with Crippen molar-refractivity contribution >= 4 is 17.9 Å². The molecule has 1 aromatic carbocycles. The highest BCUT2D eigenvalue weighted by molar-refractivity contribution is 6.21. The van der Waals surface area contributed by atoms with Gasteiger partial charge in [-0.3, -0.25) is 14.5 Å². The molecule has 3 amide bonds. The average Bonchev–Trinajstić information content (AvgIpc) is 2.96. The van der Waals surface area contributed by atoms with Crippen LogP contribution in [-0.2, 0) is 4.74 Å². The molecule has 0 aliphatic carbocycles. The first-order valence-electron chi connectivity index (χ1n) is 11.4. The van der Waals surface area contributed by atoms with Gasteiger partial charge in [0.1, 0.15) is 5.60 Å². The summed E-state index contributed by atoms with van der Waals surface area (Å²) >= 11 is 0. The Bertz CT molecular complexity index is 759. The van der Waals surface area contributed by atoms with E-state index >= 15 is 0 Å². The van der Waals surface area contributed by atoms with Crippen LogP contribution < -0.4 is 5.32 Å². The number of piperidine rings is 1. The minimum absolute atomic E-state index is 0.164. The second-order valence-corrected chi connectivity index (χ2v) is 9.54. The SMILES string of the molecule is CC(C)(C)OC(=O)NCC1CCN(CCCCCN2C(=O)c3ccccc3C2=O)CC1. The summed E-state index contributed by atoms with van der Waals surface area (Å²) in [5.74, 6) is 0.169. The molecule has 0 radical (unpaired) electrons. The Kier molecular flexibility index (Phi) is 7.70. The number of alkyl carbamates (subject to hydrolysis) is 1. The first-order valence-corrected chi connectivity index (χ1v) is 11.4. The van der Waals surface area contributed by atoms with Crippen LogP contribution in [0.25, 0.3) is 0 Å². The van der Waals surface area contributed by atoms with E-state index in [9.17, 15) is 14.4 Å². The number of ether oxygens (including phenoxy) is 1. The largest absolute Gasteiger partial charge is 0.444 e. The van der Waals surface area contributed by atoms with E-state index in [4.69, 9.17) is 4.74 Å². The number of nitrogens with one attached hydrogen (secondary N) is 1. The molecule has 3 rings (SSSR count). The van der Waals surface area contributed by atoms with Crippen LogP contribution in [0, 0.1) is 5.92 Å². The molecule has 0 spiro atoms. The van der Waals surface area contributed by atoms with Gasteiger partial charge in [0.05, 0.1) is 11.1 Å². The molecule has 31 heavy (non-hydrogen) atoms. The minimum Gasteiger partial charge on any atom is -0.444 e. The fraction of sp³-hybridized carbons (Fsp3) is 0.625. The van der Waals surface area contributed by atoms with Crippen molar-refractivity contribution in [2.45, 2.75) is 58.5 Å². The molecule has 0 atom stereocenters. The molecule has 1 fully saturated rings. The highest BCUT2D eigenvalue weighted by atomic mass is 16.6. The van der Waals surface area contributed by atoms with E-state index in [2.05, 4.69) is 10.2 Å². The number of amides is 3. The van der Waals surface area contributed by atoms with Crippen molar-refractivity contribution in [2.75, 3.05) is 32.7 Å². The molecule has 2 heterocycles. The maximum atomic E-state index is 12.4. The van der Waals surface area contributed by atoms with E-state index in [-0.39, 0.29) is 17.9 Å². The first-order chi connectivity index (χ1) is 14.7. The zero-order valence-electron chi connectivity index (χ0n) is 19.0. The third kappa shape index (κ3) is 6.53. The minimum atomic E-state index is -0.465. The van der Waals surface area contributed by atoms with Crippen LogP contribution in [0.3, 0.4) is 0 Å². The van der Waals surface area contributed by atoms with Crippen LogP contribution in [0.1, 0.15) is 73.6 Å². The van der Waals surface area contributed by atoms with Crippen molar-refractivity contribution in [3.63, 3.8) is 0 Å². The molecule has 0 aromatic heterocycles. The van der Waals surface area contributed by atoms with Gasteiger partial charge >= 0.3 is 6.09 Å². The number of carbonyl (C=O) groups excluding carboxylic acids is 3. The normalized spacial score (nSPS) is 17.7. The van der Waals surface area contributed by atoms with Gasteiger partial charge in [-0.2, -0.15) is 0 Å². The van der Waals surface area contributed by atoms with Crippen molar-refractivity contribution in [3.8, 4) is 0 Å². The summed E-state index contributed by atoms with van der Waals surface area (Å²) < 4.78 is 5.29. The third-order valence-electron chi connectivity index (χ3n) is 5.88. The molecule has 0 saturated carbocycles. The Hall–Kier alpha value is -2.41. The monoisotopic (exact) mass is 429 g/mol. The maximum Gasteiger partial charge on any atom is 0.407 e. The van der Waals surface area contributed by atoms with Gasteiger partial charge in [0.25, 0.3) is 11.8 Å². The van der Waals surface area contributed by atoms with Crippen LogP contribution in [0.5, 0.6) is 0 Å². The molecule has 7 heteroatoms. The number of fused-ring (bicyclic) bond motifs is 1. The molecule has 1 saturated heterocycles. The Morgan fingerprint density at radius 3 is 2.16 bits per heavy atom. The fourth-order valence-electron chi connectivity index (χ4n) is 4.18.